The van der Waals surface area contributed by atoms with Crippen LogP contribution < -0.4 is 4.74 Å². The number of rotatable bonds is 3. The topological polar surface area (TPSA) is 108 Å². The van der Waals surface area contributed by atoms with Gasteiger partial charge < -0.3 is 14.9 Å². The van der Waals surface area contributed by atoms with Crippen LogP contribution in [0.1, 0.15) is 20.7 Å². The minimum absolute atomic E-state index is 0.0680. The molecule has 94 valence electrons. The van der Waals surface area contributed by atoms with Crippen molar-refractivity contribution in [1.29, 1.82) is 5.26 Å². The van der Waals surface area contributed by atoms with Crippen molar-refractivity contribution in [2.45, 2.75) is 0 Å². The maximum Gasteiger partial charge on any atom is 0.339 e. The lowest BCUT2D eigenvalue weighted by atomic mass is 10.0. The molecule has 0 fully saturated rings. The number of carbonyl (C=O) groups is 2. The van der Waals surface area contributed by atoms with Gasteiger partial charge in [-0.15, -0.1) is 5.26 Å². The van der Waals surface area contributed by atoms with E-state index in [2.05, 4.69) is 4.74 Å². The monoisotopic (exact) mass is 257 g/mol. The van der Waals surface area contributed by atoms with Crippen LogP contribution >= 0.6 is 0 Å². The summed E-state index contributed by atoms with van der Waals surface area (Å²) in [4.78, 5) is 21.9. The van der Waals surface area contributed by atoms with Gasteiger partial charge in [-0.25, -0.2) is 9.59 Å². The molecule has 0 aliphatic rings. The number of benzene rings is 2. The minimum atomic E-state index is -1.23. The van der Waals surface area contributed by atoms with Gasteiger partial charge in [-0.3, -0.25) is 0 Å². The highest BCUT2D eigenvalue weighted by molar-refractivity contribution is 6.00. The van der Waals surface area contributed by atoms with Crippen molar-refractivity contribution in [3.8, 4) is 12.0 Å². The minimum Gasteiger partial charge on any atom is -0.478 e. The Morgan fingerprint density at radius 1 is 1.05 bits per heavy atom. The van der Waals surface area contributed by atoms with Gasteiger partial charge in [0, 0.05) is 0 Å². The summed E-state index contributed by atoms with van der Waals surface area (Å²) in [6.07, 6.45) is 1.40. The molecule has 0 saturated carbocycles. The zero-order valence-electron chi connectivity index (χ0n) is 9.45. The second kappa shape index (κ2) is 4.66. The fraction of sp³-hybridized carbons (Fsp3) is 0. The van der Waals surface area contributed by atoms with Crippen LogP contribution in [0.25, 0.3) is 10.8 Å². The fourth-order valence-electron chi connectivity index (χ4n) is 1.71. The molecule has 19 heavy (non-hydrogen) atoms. The lowest BCUT2D eigenvalue weighted by Crippen LogP contribution is -2.01. The average molecular weight is 257 g/mol. The molecule has 2 rings (SSSR count). The van der Waals surface area contributed by atoms with Gasteiger partial charge >= 0.3 is 11.9 Å². The van der Waals surface area contributed by atoms with Crippen molar-refractivity contribution in [1.82, 2.24) is 0 Å². The predicted molar refractivity (Wildman–Crippen MR) is 64.1 cm³/mol. The average Bonchev–Trinajstić information content (AvgIpc) is 2.37. The van der Waals surface area contributed by atoms with Gasteiger partial charge in [0.05, 0.1) is 5.56 Å². The molecule has 0 aromatic heterocycles. The Bertz CT molecular complexity index is 730. The molecule has 2 aromatic rings. The standard InChI is InChI=1S/C13H7NO5/c14-6-19-11-5-9-3-8(12(15)16)2-1-7(9)4-10(11)13(17)18/h1-5H,(H,15,16)(H,17,18). The SMILES string of the molecule is N#COc1cc2cc(C(=O)O)ccc2cc1C(=O)O. The Labute approximate surface area is 107 Å². The summed E-state index contributed by atoms with van der Waals surface area (Å²) >= 11 is 0. The van der Waals surface area contributed by atoms with E-state index in [1.165, 1.54) is 36.6 Å². The van der Waals surface area contributed by atoms with Crippen LogP contribution in [0.4, 0.5) is 0 Å². The molecule has 0 unspecified atom stereocenters. The highest BCUT2D eigenvalue weighted by atomic mass is 16.5. The van der Waals surface area contributed by atoms with Crippen molar-refractivity contribution in [3.63, 3.8) is 0 Å². The smallest absolute Gasteiger partial charge is 0.339 e. The Kier molecular flexibility index (Phi) is 3.04. The van der Waals surface area contributed by atoms with E-state index in [1.54, 1.807) is 0 Å². The third-order valence-corrected chi connectivity index (χ3v) is 2.57. The summed E-state index contributed by atoms with van der Waals surface area (Å²) < 4.78 is 4.58. The number of hydrogen-bond donors (Lipinski definition) is 2. The maximum absolute atomic E-state index is 11.0. The van der Waals surface area contributed by atoms with E-state index >= 15 is 0 Å². The molecule has 0 spiro atoms. The fourth-order valence-corrected chi connectivity index (χ4v) is 1.71. The quantitative estimate of drug-likeness (QED) is 0.815. The molecule has 6 nitrogen and oxygen atoms in total. The van der Waals surface area contributed by atoms with Crippen molar-refractivity contribution in [2.75, 3.05) is 0 Å². The highest BCUT2D eigenvalue weighted by Crippen LogP contribution is 2.27. The number of nitriles is 1. The van der Waals surface area contributed by atoms with Crippen LogP contribution in [0.3, 0.4) is 0 Å². The summed E-state index contributed by atoms with van der Waals surface area (Å²) in [5.74, 6) is -2.44. The first-order chi connectivity index (χ1) is 9.02. The van der Waals surface area contributed by atoms with Crippen LogP contribution in [0.2, 0.25) is 0 Å². The van der Waals surface area contributed by atoms with E-state index in [4.69, 9.17) is 15.5 Å². The van der Waals surface area contributed by atoms with Crippen LogP contribution in [0.5, 0.6) is 5.75 Å². The van der Waals surface area contributed by atoms with Gasteiger partial charge in [0.15, 0.2) is 5.75 Å². The van der Waals surface area contributed by atoms with Gasteiger partial charge in [-0.05, 0) is 35.0 Å². The van der Waals surface area contributed by atoms with Gasteiger partial charge in [-0.1, -0.05) is 6.07 Å². The Balaban J connectivity index is 2.70. The summed E-state index contributed by atoms with van der Waals surface area (Å²) in [5, 5.41) is 27.4. The second-order valence-corrected chi connectivity index (χ2v) is 3.71. The van der Waals surface area contributed by atoms with E-state index < -0.39 is 11.9 Å². The third-order valence-electron chi connectivity index (χ3n) is 2.57. The van der Waals surface area contributed by atoms with Crippen molar-refractivity contribution >= 4 is 22.7 Å². The number of aromatic carboxylic acids is 2. The Morgan fingerprint density at radius 3 is 2.37 bits per heavy atom. The molecule has 0 radical (unpaired) electrons. The van der Waals surface area contributed by atoms with Crippen LogP contribution in [0.15, 0.2) is 30.3 Å². The van der Waals surface area contributed by atoms with E-state index in [-0.39, 0.29) is 16.9 Å². The van der Waals surface area contributed by atoms with Crippen molar-refractivity contribution in [3.05, 3.63) is 41.5 Å². The number of carboxylic acid groups (broad SMARTS) is 2. The lowest BCUT2D eigenvalue weighted by Gasteiger charge is -2.06. The number of fused-ring (bicyclic) bond motifs is 1. The molecule has 0 amide bonds. The molecular formula is C13H7NO5. The molecule has 0 bridgehead atoms. The van der Waals surface area contributed by atoms with E-state index in [0.29, 0.717) is 10.8 Å². The Morgan fingerprint density at radius 2 is 1.79 bits per heavy atom. The first-order valence-electron chi connectivity index (χ1n) is 5.13. The first kappa shape index (κ1) is 12.4. The number of nitrogens with zero attached hydrogens (tertiary/aromatic N) is 1. The summed E-state index contributed by atoms with van der Waals surface area (Å²) in [7, 11) is 0. The maximum atomic E-state index is 11.0. The Hall–Kier alpha value is -3.07. The number of carboxylic acids is 2. The molecule has 0 heterocycles. The largest absolute Gasteiger partial charge is 0.478 e. The molecule has 0 saturated heterocycles. The van der Waals surface area contributed by atoms with Crippen LogP contribution in [-0.2, 0) is 0 Å². The molecule has 2 N–H and O–H groups in total. The normalized spacial score (nSPS) is 9.84. The number of ether oxygens (including phenoxy) is 1. The second-order valence-electron chi connectivity index (χ2n) is 3.71. The first-order valence-corrected chi connectivity index (χ1v) is 5.13. The lowest BCUT2D eigenvalue weighted by molar-refractivity contribution is 0.0684. The zero-order chi connectivity index (χ0) is 14.0. The summed E-state index contributed by atoms with van der Waals surface area (Å²) in [6, 6.07) is 6.92. The van der Waals surface area contributed by atoms with Crippen molar-refractivity contribution in [2.24, 2.45) is 0 Å². The zero-order valence-corrected chi connectivity index (χ0v) is 9.45. The molecule has 2 aromatic carbocycles. The van der Waals surface area contributed by atoms with E-state index in [9.17, 15) is 9.59 Å². The summed E-state index contributed by atoms with van der Waals surface area (Å²) in [5.41, 5.74) is -0.0874. The molecular weight excluding hydrogens is 250 g/mol. The molecule has 0 aliphatic carbocycles. The molecule has 6 heteroatoms. The third kappa shape index (κ3) is 2.30. The van der Waals surface area contributed by atoms with Gasteiger partial charge in [0.2, 0.25) is 0 Å². The van der Waals surface area contributed by atoms with Crippen LogP contribution in [0, 0.1) is 11.5 Å². The van der Waals surface area contributed by atoms with Gasteiger partial charge in [0.25, 0.3) is 6.26 Å². The molecule has 0 aliphatic heterocycles. The van der Waals surface area contributed by atoms with E-state index in [0.717, 1.165) is 0 Å². The molecule has 0 atom stereocenters. The predicted octanol–water partition coefficient (Wildman–Crippen LogP) is 2.10. The number of hydrogen-bond acceptors (Lipinski definition) is 4. The van der Waals surface area contributed by atoms with Crippen molar-refractivity contribution < 1.29 is 24.5 Å². The van der Waals surface area contributed by atoms with E-state index in [1.807, 2.05) is 0 Å². The van der Waals surface area contributed by atoms with Crippen LogP contribution in [-0.4, -0.2) is 22.2 Å². The van der Waals surface area contributed by atoms with Gasteiger partial charge in [-0.2, -0.15) is 0 Å². The van der Waals surface area contributed by atoms with Gasteiger partial charge in [0.1, 0.15) is 5.56 Å². The summed E-state index contributed by atoms with van der Waals surface area (Å²) in [6.45, 7) is 0. The highest BCUT2D eigenvalue weighted by Gasteiger charge is 2.14.